The van der Waals surface area contributed by atoms with Crippen LogP contribution in [0.2, 0.25) is 0 Å². The quantitative estimate of drug-likeness (QED) is 0.732. The van der Waals surface area contributed by atoms with Crippen LogP contribution in [0.25, 0.3) is 17.1 Å². The van der Waals surface area contributed by atoms with Crippen LogP contribution in [-0.2, 0) is 11.2 Å². The van der Waals surface area contributed by atoms with Crippen molar-refractivity contribution in [1.82, 2.24) is 19.5 Å². The minimum absolute atomic E-state index is 0.674. The Morgan fingerprint density at radius 2 is 2.00 bits per heavy atom. The second-order valence-corrected chi connectivity index (χ2v) is 6.11. The van der Waals surface area contributed by atoms with Crippen LogP contribution in [0, 0.1) is 6.92 Å². The number of nitrogens with zero attached hydrogens (tertiary/aromatic N) is 5. The number of rotatable bonds is 4. The summed E-state index contributed by atoms with van der Waals surface area (Å²) >= 11 is 0. The third kappa shape index (κ3) is 2.49. The SMILES string of the molecule is CCN1c2ncc(CCOC)cc2-c2ncc(C)n2-c2cccnc21. The van der Waals surface area contributed by atoms with Gasteiger partial charge in [-0.2, -0.15) is 0 Å². The summed E-state index contributed by atoms with van der Waals surface area (Å²) in [5, 5.41) is 0. The molecular formula is C19H21N5O. The number of hydrogen-bond donors (Lipinski definition) is 0. The fourth-order valence-corrected chi connectivity index (χ4v) is 3.34. The zero-order valence-electron chi connectivity index (χ0n) is 14.7. The van der Waals surface area contributed by atoms with E-state index in [0.717, 1.165) is 52.9 Å². The first-order chi connectivity index (χ1) is 12.2. The normalized spacial score (nSPS) is 12.4. The Bertz CT molecular complexity index is 918. The van der Waals surface area contributed by atoms with Gasteiger partial charge in [0.05, 0.1) is 17.9 Å². The van der Waals surface area contributed by atoms with Crippen LogP contribution < -0.4 is 4.90 Å². The van der Waals surface area contributed by atoms with Gasteiger partial charge in [0.15, 0.2) is 5.82 Å². The van der Waals surface area contributed by atoms with Gasteiger partial charge in [-0.05, 0) is 44.0 Å². The molecule has 0 aliphatic carbocycles. The number of aromatic nitrogens is 4. The van der Waals surface area contributed by atoms with Gasteiger partial charge in [0.1, 0.15) is 11.6 Å². The van der Waals surface area contributed by atoms with Crippen molar-refractivity contribution in [3.8, 4) is 17.1 Å². The number of hydrogen-bond acceptors (Lipinski definition) is 5. The maximum absolute atomic E-state index is 5.21. The zero-order chi connectivity index (χ0) is 17.4. The molecule has 4 rings (SSSR count). The second-order valence-electron chi connectivity index (χ2n) is 6.11. The highest BCUT2D eigenvalue weighted by molar-refractivity contribution is 5.83. The highest BCUT2D eigenvalue weighted by atomic mass is 16.5. The fourth-order valence-electron chi connectivity index (χ4n) is 3.34. The number of ether oxygens (including phenoxy) is 1. The molecule has 6 heteroatoms. The molecule has 0 saturated heterocycles. The first-order valence-electron chi connectivity index (χ1n) is 8.50. The lowest BCUT2D eigenvalue weighted by molar-refractivity contribution is 0.202. The summed E-state index contributed by atoms with van der Waals surface area (Å²) in [6.45, 7) is 5.64. The highest BCUT2D eigenvalue weighted by Crippen LogP contribution is 2.40. The van der Waals surface area contributed by atoms with E-state index in [4.69, 9.17) is 9.72 Å². The Morgan fingerprint density at radius 3 is 2.80 bits per heavy atom. The van der Waals surface area contributed by atoms with Crippen molar-refractivity contribution in [1.29, 1.82) is 0 Å². The number of anilines is 2. The minimum Gasteiger partial charge on any atom is -0.384 e. The fraction of sp³-hybridized carbons (Fsp3) is 0.316. The van der Waals surface area contributed by atoms with Crippen molar-refractivity contribution >= 4 is 11.6 Å². The molecule has 0 aromatic carbocycles. The van der Waals surface area contributed by atoms with Gasteiger partial charge in [0.2, 0.25) is 0 Å². The van der Waals surface area contributed by atoms with Gasteiger partial charge in [-0.15, -0.1) is 0 Å². The summed E-state index contributed by atoms with van der Waals surface area (Å²) in [5.41, 5.74) is 4.28. The van der Waals surface area contributed by atoms with Crippen LogP contribution in [0.15, 0.2) is 36.8 Å². The third-order valence-electron chi connectivity index (χ3n) is 4.53. The standard InChI is InChI=1S/C19H21N5O/c1-4-23-17-15(10-14(12-22-17)7-9-25-3)18-21-11-13(2)24(18)16-6-5-8-20-19(16)23/h5-6,8,10-12H,4,7,9H2,1-3H3. The van der Waals surface area contributed by atoms with Crippen LogP contribution in [0.1, 0.15) is 18.2 Å². The Labute approximate surface area is 147 Å². The molecule has 1 aliphatic heterocycles. The van der Waals surface area contributed by atoms with Crippen LogP contribution in [0.3, 0.4) is 0 Å². The number of aryl methyl sites for hydroxylation is 1. The van der Waals surface area contributed by atoms with Gasteiger partial charge in [0.25, 0.3) is 0 Å². The van der Waals surface area contributed by atoms with Gasteiger partial charge in [0, 0.05) is 37.9 Å². The van der Waals surface area contributed by atoms with Gasteiger partial charge in [-0.3, -0.25) is 4.57 Å². The first-order valence-corrected chi connectivity index (χ1v) is 8.50. The molecule has 25 heavy (non-hydrogen) atoms. The molecule has 0 spiro atoms. The van der Waals surface area contributed by atoms with E-state index in [1.807, 2.05) is 24.7 Å². The molecule has 3 aromatic heterocycles. The van der Waals surface area contributed by atoms with E-state index in [9.17, 15) is 0 Å². The summed E-state index contributed by atoms with van der Waals surface area (Å²) in [5.74, 6) is 2.71. The van der Waals surface area contributed by atoms with Crippen molar-refractivity contribution < 1.29 is 4.74 Å². The molecule has 0 unspecified atom stereocenters. The Morgan fingerprint density at radius 1 is 1.12 bits per heavy atom. The monoisotopic (exact) mass is 335 g/mol. The van der Waals surface area contributed by atoms with E-state index in [0.29, 0.717) is 6.61 Å². The highest BCUT2D eigenvalue weighted by Gasteiger charge is 2.27. The van der Waals surface area contributed by atoms with Gasteiger partial charge < -0.3 is 9.64 Å². The molecule has 3 aromatic rings. The van der Waals surface area contributed by atoms with E-state index >= 15 is 0 Å². The molecule has 6 nitrogen and oxygen atoms in total. The van der Waals surface area contributed by atoms with E-state index < -0.39 is 0 Å². The molecule has 1 aliphatic rings. The molecule has 4 heterocycles. The predicted octanol–water partition coefficient (Wildman–Crippen LogP) is 3.30. The minimum atomic E-state index is 0.674. The van der Waals surface area contributed by atoms with E-state index in [1.165, 1.54) is 0 Å². The van der Waals surface area contributed by atoms with Crippen LogP contribution in [-0.4, -0.2) is 39.8 Å². The molecule has 0 bridgehead atoms. The lowest BCUT2D eigenvalue weighted by Gasteiger charge is -2.22. The number of imidazole rings is 1. The van der Waals surface area contributed by atoms with Crippen LogP contribution >= 0.6 is 0 Å². The van der Waals surface area contributed by atoms with Crippen LogP contribution in [0.4, 0.5) is 11.6 Å². The summed E-state index contributed by atoms with van der Waals surface area (Å²) in [7, 11) is 1.72. The topological polar surface area (TPSA) is 56.1 Å². The molecule has 0 radical (unpaired) electrons. The third-order valence-corrected chi connectivity index (χ3v) is 4.53. The largest absolute Gasteiger partial charge is 0.384 e. The van der Waals surface area contributed by atoms with Crippen molar-refractivity contribution in [2.24, 2.45) is 0 Å². The molecular weight excluding hydrogens is 314 g/mol. The smallest absolute Gasteiger partial charge is 0.158 e. The Hall–Kier alpha value is -2.73. The van der Waals surface area contributed by atoms with Crippen molar-refractivity contribution in [2.45, 2.75) is 20.3 Å². The molecule has 0 saturated carbocycles. The maximum Gasteiger partial charge on any atom is 0.158 e. The molecule has 0 N–H and O–H groups in total. The molecule has 0 atom stereocenters. The van der Waals surface area contributed by atoms with E-state index in [1.54, 1.807) is 7.11 Å². The second kappa shape index (κ2) is 6.29. The Kier molecular flexibility index (Phi) is 3.97. The summed E-state index contributed by atoms with van der Waals surface area (Å²) in [4.78, 5) is 16.2. The van der Waals surface area contributed by atoms with Crippen molar-refractivity contribution in [3.05, 3.63) is 48.0 Å². The van der Waals surface area contributed by atoms with Crippen molar-refractivity contribution in [3.63, 3.8) is 0 Å². The number of fused-ring (bicyclic) bond motifs is 5. The number of pyridine rings is 2. The van der Waals surface area contributed by atoms with Gasteiger partial charge in [-0.1, -0.05) is 0 Å². The van der Waals surface area contributed by atoms with Crippen molar-refractivity contribution in [2.75, 3.05) is 25.2 Å². The van der Waals surface area contributed by atoms with Gasteiger partial charge >= 0.3 is 0 Å². The molecule has 0 fully saturated rings. The molecule has 0 amide bonds. The average Bonchev–Trinajstić information content (AvgIpc) is 2.97. The zero-order valence-corrected chi connectivity index (χ0v) is 14.7. The Balaban J connectivity index is 1.99. The lowest BCUT2D eigenvalue weighted by Crippen LogP contribution is -2.20. The maximum atomic E-state index is 5.21. The van der Waals surface area contributed by atoms with Gasteiger partial charge in [-0.25, -0.2) is 15.0 Å². The van der Waals surface area contributed by atoms with Crippen LogP contribution in [0.5, 0.6) is 0 Å². The van der Waals surface area contributed by atoms with E-state index in [2.05, 4.69) is 45.4 Å². The predicted molar refractivity (Wildman–Crippen MR) is 97.6 cm³/mol. The summed E-state index contributed by atoms with van der Waals surface area (Å²) in [6, 6.07) is 6.22. The molecule has 128 valence electrons. The van der Waals surface area contributed by atoms with E-state index in [-0.39, 0.29) is 0 Å². The number of methoxy groups -OCH3 is 1. The summed E-state index contributed by atoms with van der Waals surface area (Å²) < 4.78 is 7.38. The lowest BCUT2D eigenvalue weighted by atomic mass is 10.1. The average molecular weight is 335 g/mol. The first kappa shape index (κ1) is 15.8. The summed E-state index contributed by atoms with van der Waals surface area (Å²) in [6.07, 6.45) is 6.48.